The summed E-state index contributed by atoms with van der Waals surface area (Å²) in [5, 5.41) is 4.21. The van der Waals surface area contributed by atoms with Gasteiger partial charge in [-0.2, -0.15) is 0 Å². The Morgan fingerprint density at radius 2 is 2.00 bits per heavy atom. The SMILES string of the molecule is CCNC(Cc1ccc(Cl)c(F)c1)c1cccc(Br)c1Cl. The number of halogens is 4. The molecule has 2 aromatic carbocycles. The summed E-state index contributed by atoms with van der Waals surface area (Å²) in [4.78, 5) is 0. The van der Waals surface area contributed by atoms with E-state index in [0.717, 1.165) is 22.1 Å². The molecule has 2 aromatic rings. The number of likely N-dealkylation sites (N-methyl/N-ethyl adjacent to an activating group) is 1. The van der Waals surface area contributed by atoms with Gasteiger partial charge >= 0.3 is 0 Å². The van der Waals surface area contributed by atoms with E-state index in [0.29, 0.717) is 11.4 Å². The second-order valence-electron chi connectivity index (χ2n) is 4.71. The Bertz CT molecular complexity index is 634. The highest BCUT2D eigenvalue weighted by molar-refractivity contribution is 9.10. The molecule has 0 saturated heterocycles. The maximum absolute atomic E-state index is 13.6. The van der Waals surface area contributed by atoms with Gasteiger partial charge in [0.1, 0.15) is 5.82 Å². The van der Waals surface area contributed by atoms with Crippen molar-refractivity contribution in [3.8, 4) is 0 Å². The van der Waals surface area contributed by atoms with Crippen molar-refractivity contribution < 1.29 is 4.39 Å². The lowest BCUT2D eigenvalue weighted by Crippen LogP contribution is -2.23. The minimum Gasteiger partial charge on any atom is -0.310 e. The molecule has 2 rings (SSSR count). The van der Waals surface area contributed by atoms with Crippen LogP contribution in [0.3, 0.4) is 0 Å². The summed E-state index contributed by atoms with van der Waals surface area (Å²) in [6.07, 6.45) is 0.637. The van der Waals surface area contributed by atoms with E-state index in [2.05, 4.69) is 21.2 Å². The van der Waals surface area contributed by atoms with Crippen LogP contribution in [0.2, 0.25) is 10.0 Å². The van der Waals surface area contributed by atoms with Gasteiger partial charge in [0, 0.05) is 10.5 Å². The van der Waals surface area contributed by atoms with Gasteiger partial charge in [0.15, 0.2) is 0 Å². The summed E-state index contributed by atoms with van der Waals surface area (Å²) in [5.41, 5.74) is 1.86. The van der Waals surface area contributed by atoms with Gasteiger partial charge in [0.05, 0.1) is 10.0 Å². The van der Waals surface area contributed by atoms with Crippen molar-refractivity contribution in [3.63, 3.8) is 0 Å². The molecule has 1 unspecified atom stereocenters. The Hall–Kier alpha value is -0.610. The lowest BCUT2D eigenvalue weighted by molar-refractivity contribution is 0.546. The Morgan fingerprint density at radius 1 is 1.24 bits per heavy atom. The minimum atomic E-state index is -0.398. The summed E-state index contributed by atoms with van der Waals surface area (Å²) in [6, 6.07) is 10.7. The molecule has 0 spiro atoms. The average Bonchev–Trinajstić information content (AvgIpc) is 2.45. The quantitative estimate of drug-likeness (QED) is 0.681. The molecule has 112 valence electrons. The predicted octanol–water partition coefficient (Wildman–Crippen LogP) is 5.79. The van der Waals surface area contributed by atoms with Gasteiger partial charge in [-0.05, 0) is 58.2 Å². The molecule has 0 fully saturated rings. The molecule has 0 aromatic heterocycles. The Labute approximate surface area is 142 Å². The first kappa shape index (κ1) is 16.8. The van der Waals surface area contributed by atoms with Crippen molar-refractivity contribution in [1.29, 1.82) is 0 Å². The second-order valence-corrected chi connectivity index (χ2v) is 6.35. The third kappa shape index (κ3) is 4.19. The van der Waals surface area contributed by atoms with Crippen LogP contribution in [0.5, 0.6) is 0 Å². The highest BCUT2D eigenvalue weighted by Gasteiger charge is 2.16. The van der Waals surface area contributed by atoms with E-state index in [-0.39, 0.29) is 11.1 Å². The van der Waals surface area contributed by atoms with Crippen LogP contribution in [0.25, 0.3) is 0 Å². The standard InChI is InChI=1S/C16H15BrCl2FN/c1-2-21-15(11-4-3-5-12(17)16(11)19)9-10-6-7-13(18)14(20)8-10/h3-8,15,21H,2,9H2,1H3. The van der Waals surface area contributed by atoms with Crippen LogP contribution >= 0.6 is 39.1 Å². The fraction of sp³-hybridized carbons (Fsp3) is 0.250. The molecule has 0 aliphatic carbocycles. The molecule has 0 aliphatic heterocycles. The van der Waals surface area contributed by atoms with Crippen molar-refractivity contribution >= 4 is 39.1 Å². The summed E-state index contributed by atoms with van der Waals surface area (Å²) in [5.74, 6) is -0.398. The van der Waals surface area contributed by atoms with Gasteiger partial charge < -0.3 is 5.32 Å². The highest BCUT2D eigenvalue weighted by Crippen LogP contribution is 2.32. The molecule has 1 atom stereocenters. The fourth-order valence-electron chi connectivity index (χ4n) is 2.23. The smallest absolute Gasteiger partial charge is 0.142 e. The van der Waals surface area contributed by atoms with Crippen molar-refractivity contribution in [2.75, 3.05) is 6.54 Å². The molecule has 0 saturated carbocycles. The lowest BCUT2D eigenvalue weighted by Gasteiger charge is -2.20. The number of rotatable bonds is 5. The molecule has 0 heterocycles. The summed E-state index contributed by atoms with van der Waals surface area (Å²) >= 11 is 15.5. The zero-order valence-electron chi connectivity index (χ0n) is 11.5. The van der Waals surface area contributed by atoms with Gasteiger partial charge in [0.2, 0.25) is 0 Å². The Kier molecular flexibility index (Phi) is 6.06. The molecular weight excluding hydrogens is 376 g/mol. The predicted molar refractivity (Wildman–Crippen MR) is 90.7 cm³/mol. The van der Waals surface area contributed by atoms with E-state index < -0.39 is 5.82 Å². The van der Waals surface area contributed by atoms with Crippen LogP contribution < -0.4 is 5.32 Å². The van der Waals surface area contributed by atoms with Crippen molar-refractivity contribution in [3.05, 3.63) is 67.9 Å². The van der Waals surface area contributed by atoms with Crippen LogP contribution in [0.1, 0.15) is 24.1 Å². The number of nitrogens with one attached hydrogen (secondary N) is 1. The van der Waals surface area contributed by atoms with Gasteiger partial charge in [-0.25, -0.2) is 4.39 Å². The van der Waals surface area contributed by atoms with Gasteiger partial charge in [0.25, 0.3) is 0 Å². The Balaban J connectivity index is 2.30. The van der Waals surface area contributed by atoms with Gasteiger partial charge in [-0.15, -0.1) is 0 Å². The third-order valence-electron chi connectivity index (χ3n) is 3.23. The summed E-state index contributed by atoms with van der Waals surface area (Å²) < 4.78 is 14.4. The average molecular weight is 391 g/mol. The molecular formula is C16H15BrCl2FN. The maximum atomic E-state index is 13.6. The molecule has 5 heteroatoms. The van der Waals surface area contributed by atoms with E-state index >= 15 is 0 Å². The monoisotopic (exact) mass is 389 g/mol. The summed E-state index contributed by atoms with van der Waals surface area (Å²) in [7, 11) is 0. The first-order valence-corrected chi connectivity index (χ1v) is 8.19. The maximum Gasteiger partial charge on any atom is 0.142 e. The lowest BCUT2D eigenvalue weighted by atomic mass is 9.98. The van der Waals surface area contributed by atoms with Gasteiger partial charge in [-0.3, -0.25) is 0 Å². The molecule has 0 aliphatic rings. The molecule has 21 heavy (non-hydrogen) atoms. The Morgan fingerprint density at radius 3 is 2.67 bits per heavy atom. The van der Waals surface area contributed by atoms with Crippen LogP contribution in [0, 0.1) is 5.82 Å². The zero-order valence-corrected chi connectivity index (χ0v) is 14.6. The first-order valence-electron chi connectivity index (χ1n) is 6.64. The second kappa shape index (κ2) is 7.59. The normalized spacial score (nSPS) is 12.4. The number of hydrogen-bond donors (Lipinski definition) is 1. The van der Waals surface area contributed by atoms with E-state index in [1.165, 1.54) is 6.07 Å². The molecule has 0 radical (unpaired) electrons. The van der Waals surface area contributed by atoms with Crippen LogP contribution in [-0.2, 0) is 6.42 Å². The van der Waals surface area contributed by atoms with Crippen LogP contribution in [-0.4, -0.2) is 6.54 Å². The van der Waals surface area contributed by atoms with Crippen molar-refractivity contribution in [1.82, 2.24) is 5.32 Å². The topological polar surface area (TPSA) is 12.0 Å². The van der Waals surface area contributed by atoms with Crippen molar-refractivity contribution in [2.45, 2.75) is 19.4 Å². The molecule has 1 N–H and O–H groups in total. The molecule has 0 amide bonds. The minimum absolute atomic E-state index is 0.0144. The fourth-order valence-corrected chi connectivity index (χ4v) is 2.99. The first-order chi connectivity index (χ1) is 10.0. The van der Waals surface area contributed by atoms with Crippen molar-refractivity contribution in [2.24, 2.45) is 0 Å². The van der Waals surface area contributed by atoms with Crippen LogP contribution in [0.4, 0.5) is 4.39 Å². The highest BCUT2D eigenvalue weighted by atomic mass is 79.9. The van der Waals surface area contributed by atoms with Crippen LogP contribution in [0.15, 0.2) is 40.9 Å². The largest absolute Gasteiger partial charge is 0.310 e. The van der Waals surface area contributed by atoms with Gasteiger partial charge in [-0.1, -0.05) is 48.3 Å². The summed E-state index contributed by atoms with van der Waals surface area (Å²) in [6.45, 7) is 2.82. The van der Waals surface area contributed by atoms with E-state index in [1.807, 2.05) is 31.2 Å². The zero-order chi connectivity index (χ0) is 15.4. The third-order valence-corrected chi connectivity index (χ3v) is 4.85. The van der Waals surface area contributed by atoms with E-state index in [1.54, 1.807) is 6.07 Å². The van der Waals surface area contributed by atoms with E-state index in [9.17, 15) is 4.39 Å². The number of hydrogen-bond acceptors (Lipinski definition) is 1. The number of benzene rings is 2. The van der Waals surface area contributed by atoms with E-state index in [4.69, 9.17) is 23.2 Å². The molecule has 1 nitrogen and oxygen atoms in total. The molecule has 0 bridgehead atoms.